The van der Waals surface area contributed by atoms with Crippen molar-refractivity contribution in [1.29, 1.82) is 0 Å². The van der Waals surface area contributed by atoms with Gasteiger partial charge in [-0.25, -0.2) is 23.2 Å². The minimum Gasteiger partial charge on any atom is -0.443 e. The maximum absolute atomic E-state index is 12.2. The molecule has 1 N–H and O–H groups in total. The van der Waals surface area contributed by atoms with Crippen molar-refractivity contribution in [2.75, 3.05) is 37.8 Å². The van der Waals surface area contributed by atoms with Crippen LogP contribution in [0.4, 0.5) is 10.7 Å². The van der Waals surface area contributed by atoms with Gasteiger partial charge in [0.15, 0.2) is 0 Å². The van der Waals surface area contributed by atoms with Crippen molar-refractivity contribution in [3.63, 3.8) is 0 Å². The number of carbonyl (C=O) groups excluding carboxylic acids is 1. The van der Waals surface area contributed by atoms with Crippen molar-refractivity contribution >= 4 is 22.1 Å². The van der Waals surface area contributed by atoms with E-state index in [2.05, 4.69) is 15.3 Å². The summed E-state index contributed by atoms with van der Waals surface area (Å²) in [6.07, 6.45) is 9.58. The molecule has 0 aromatic carbocycles. The normalized spacial score (nSPS) is 21.4. The average Bonchev–Trinajstić information content (AvgIpc) is 3.47. The maximum Gasteiger partial charge on any atom is 0.410 e. The van der Waals surface area contributed by atoms with Gasteiger partial charge in [0.1, 0.15) is 5.60 Å². The van der Waals surface area contributed by atoms with Crippen LogP contribution in [0.5, 0.6) is 0 Å². The molecule has 2 fully saturated rings. The quantitative estimate of drug-likeness (QED) is 0.635. The molecule has 3 heterocycles. The van der Waals surface area contributed by atoms with Crippen LogP contribution >= 0.6 is 0 Å². The molecule has 172 valence electrons. The monoisotopic (exact) mass is 451 g/mol. The number of sulfonamides is 1. The van der Waals surface area contributed by atoms with Crippen molar-refractivity contribution in [2.24, 2.45) is 5.92 Å². The van der Waals surface area contributed by atoms with Crippen LogP contribution in [0, 0.1) is 5.92 Å². The summed E-state index contributed by atoms with van der Waals surface area (Å²) in [4.78, 5) is 23.0. The Hall–Kier alpha value is -1.94. The largest absolute Gasteiger partial charge is 0.443 e. The topological polar surface area (TPSA) is 105 Å². The molecule has 10 heteroatoms. The van der Waals surface area contributed by atoms with Crippen molar-refractivity contribution in [3.05, 3.63) is 17.5 Å². The van der Waals surface area contributed by atoms with Gasteiger partial charge >= 0.3 is 6.09 Å². The third-order valence-electron chi connectivity index (χ3n) is 6.60. The van der Waals surface area contributed by atoms with Gasteiger partial charge < -0.3 is 15.0 Å². The van der Waals surface area contributed by atoms with Crippen molar-refractivity contribution < 1.29 is 17.9 Å². The molecule has 0 atom stereocenters. The van der Waals surface area contributed by atoms with Crippen LogP contribution in [0.25, 0.3) is 0 Å². The Bertz CT molecular complexity index is 910. The fourth-order valence-corrected chi connectivity index (χ4v) is 5.00. The highest BCUT2D eigenvalue weighted by molar-refractivity contribution is 7.88. The van der Waals surface area contributed by atoms with Gasteiger partial charge in [-0.15, -0.1) is 0 Å². The summed E-state index contributed by atoms with van der Waals surface area (Å²) in [6.45, 7) is 5.18. The van der Waals surface area contributed by atoms with Gasteiger partial charge in [-0.2, -0.15) is 4.31 Å². The molecule has 0 unspecified atom stereocenters. The Balaban J connectivity index is 1.15. The number of carbonyl (C=O) groups is 1. The van der Waals surface area contributed by atoms with Crippen LogP contribution < -0.4 is 5.32 Å². The van der Waals surface area contributed by atoms with E-state index in [0.717, 1.165) is 69.4 Å². The van der Waals surface area contributed by atoms with E-state index in [0.29, 0.717) is 31.4 Å². The van der Waals surface area contributed by atoms with E-state index in [1.807, 2.05) is 11.8 Å². The molecule has 1 aromatic rings. The van der Waals surface area contributed by atoms with E-state index in [4.69, 9.17) is 4.74 Å². The van der Waals surface area contributed by atoms with Gasteiger partial charge in [-0.05, 0) is 51.4 Å². The molecule has 1 saturated heterocycles. The second-order valence-corrected chi connectivity index (χ2v) is 11.3. The predicted molar refractivity (Wildman–Crippen MR) is 117 cm³/mol. The number of hydrogen-bond donors (Lipinski definition) is 1. The highest BCUT2D eigenvalue weighted by atomic mass is 32.2. The zero-order chi connectivity index (χ0) is 22.1. The summed E-state index contributed by atoms with van der Waals surface area (Å²) in [5, 5.41) is 3.30. The highest BCUT2D eigenvalue weighted by Gasteiger charge is 2.43. The maximum atomic E-state index is 12.2. The van der Waals surface area contributed by atoms with E-state index in [-0.39, 0.29) is 11.7 Å². The van der Waals surface area contributed by atoms with Crippen LogP contribution in [-0.2, 0) is 27.7 Å². The number of fused-ring (bicyclic) bond motifs is 1. The van der Waals surface area contributed by atoms with Crippen LogP contribution in [0.15, 0.2) is 6.20 Å². The number of amides is 1. The molecule has 31 heavy (non-hydrogen) atoms. The number of hydrogen-bond acceptors (Lipinski definition) is 7. The molecule has 1 saturated carbocycles. The molecule has 1 aliphatic carbocycles. The Morgan fingerprint density at radius 2 is 2.03 bits per heavy atom. The second kappa shape index (κ2) is 8.90. The smallest absolute Gasteiger partial charge is 0.410 e. The molecule has 4 rings (SSSR count). The van der Waals surface area contributed by atoms with Crippen molar-refractivity contribution in [2.45, 2.75) is 64.0 Å². The van der Waals surface area contributed by atoms with Crippen molar-refractivity contribution in [3.8, 4) is 0 Å². The third-order valence-corrected chi connectivity index (χ3v) is 7.85. The van der Waals surface area contributed by atoms with Crippen LogP contribution in [0.3, 0.4) is 0 Å². The number of ether oxygens (including phenoxy) is 1. The molecule has 0 spiro atoms. The predicted octanol–water partition coefficient (Wildman–Crippen LogP) is 2.39. The third kappa shape index (κ3) is 5.85. The zero-order valence-electron chi connectivity index (χ0n) is 18.5. The molecule has 9 nitrogen and oxygen atoms in total. The van der Waals surface area contributed by atoms with Gasteiger partial charge in [0.05, 0.1) is 11.9 Å². The molecular weight excluding hydrogens is 418 g/mol. The number of piperidine rings is 1. The molecular formula is C21H33N5O4S. The van der Waals surface area contributed by atoms with Gasteiger partial charge in [0.25, 0.3) is 0 Å². The van der Waals surface area contributed by atoms with Gasteiger partial charge in [0.2, 0.25) is 16.0 Å². The van der Waals surface area contributed by atoms with E-state index in [9.17, 15) is 13.2 Å². The number of anilines is 1. The number of nitrogens with one attached hydrogen (secondary N) is 1. The lowest BCUT2D eigenvalue weighted by Gasteiger charge is -2.32. The van der Waals surface area contributed by atoms with Crippen molar-refractivity contribution in [1.82, 2.24) is 19.2 Å². The highest BCUT2D eigenvalue weighted by Crippen LogP contribution is 2.39. The van der Waals surface area contributed by atoms with E-state index >= 15 is 0 Å². The van der Waals surface area contributed by atoms with E-state index in [1.165, 1.54) is 10.6 Å². The van der Waals surface area contributed by atoms with Crippen LogP contribution in [0.2, 0.25) is 0 Å². The van der Waals surface area contributed by atoms with Crippen LogP contribution in [-0.4, -0.2) is 71.7 Å². The first-order valence-electron chi connectivity index (χ1n) is 11.2. The van der Waals surface area contributed by atoms with E-state index in [1.54, 1.807) is 6.20 Å². The molecule has 3 aliphatic rings. The minimum atomic E-state index is -3.19. The molecule has 2 aliphatic heterocycles. The number of aromatic nitrogens is 2. The zero-order valence-corrected chi connectivity index (χ0v) is 19.3. The standard InChI is InChI=1S/C21H33N5O4S/c1-21(8-9-21)30-20(27)25-11-5-16(6-12-25)4-3-10-22-19-23-14-17-15-26(31(2,28)29)13-7-18(17)24-19/h14,16H,3-13,15H2,1-2H3,(H,22,23,24). The SMILES string of the molecule is CC1(OC(=O)N2CCC(CCCNc3ncc4c(n3)CCN(S(C)(=O)=O)C4)CC2)CC1. The molecule has 0 radical (unpaired) electrons. The molecule has 0 bridgehead atoms. The lowest BCUT2D eigenvalue weighted by atomic mass is 9.92. The summed E-state index contributed by atoms with van der Waals surface area (Å²) in [5.74, 6) is 1.24. The summed E-state index contributed by atoms with van der Waals surface area (Å²) in [5.41, 5.74) is 1.60. The van der Waals surface area contributed by atoms with E-state index < -0.39 is 10.0 Å². The first-order chi connectivity index (χ1) is 14.7. The lowest BCUT2D eigenvalue weighted by Crippen LogP contribution is -2.40. The summed E-state index contributed by atoms with van der Waals surface area (Å²) < 4.78 is 30.5. The minimum absolute atomic E-state index is 0.149. The van der Waals surface area contributed by atoms with Crippen LogP contribution in [0.1, 0.15) is 56.7 Å². The summed E-state index contributed by atoms with van der Waals surface area (Å²) in [7, 11) is -3.19. The second-order valence-electron chi connectivity index (χ2n) is 9.33. The van der Waals surface area contributed by atoms with Gasteiger partial charge in [0, 0.05) is 50.9 Å². The first kappa shape index (κ1) is 22.3. The summed E-state index contributed by atoms with van der Waals surface area (Å²) >= 11 is 0. The Kier molecular flexibility index (Phi) is 6.39. The average molecular weight is 452 g/mol. The van der Waals surface area contributed by atoms with Gasteiger partial charge in [-0.1, -0.05) is 0 Å². The first-order valence-corrected chi connectivity index (χ1v) is 13.1. The Labute approximate surface area is 184 Å². The summed E-state index contributed by atoms with van der Waals surface area (Å²) in [6, 6.07) is 0. The molecule has 1 aromatic heterocycles. The molecule has 1 amide bonds. The lowest BCUT2D eigenvalue weighted by molar-refractivity contribution is 0.0485. The Morgan fingerprint density at radius 1 is 1.29 bits per heavy atom. The number of rotatable bonds is 7. The number of nitrogens with zero attached hydrogens (tertiary/aromatic N) is 4. The Morgan fingerprint density at radius 3 is 2.71 bits per heavy atom. The fourth-order valence-electron chi connectivity index (χ4n) is 4.21. The van der Waals surface area contributed by atoms with Gasteiger partial charge in [-0.3, -0.25) is 0 Å². The number of likely N-dealkylation sites (tertiary alicyclic amines) is 1. The fraction of sp³-hybridized carbons (Fsp3) is 0.762.